The van der Waals surface area contributed by atoms with E-state index < -0.39 is 0 Å². The molecule has 1 aromatic carbocycles. The lowest BCUT2D eigenvalue weighted by Crippen LogP contribution is -2.28. The molecule has 2 rings (SSSR count). The van der Waals surface area contributed by atoms with Crippen molar-refractivity contribution in [2.24, 2.45) is 5.73 Å². The van der Waals surface area contributed by atoms with E-state index in [4.69, 9.17) is 26.5 Å². The van der Waals surface area contributed by atoms with Gasteiger partial charge in [-0.1, -0.05) is 11.6 Å². The molecule has 0 spiro atoms. The Morgan fingerprint density at radius 3 is 2.47 bits per heavy atom. The van der Waals surface area contributed by atoms with Gasteiger partial charge in [0.15, 0.2) is 6.10 Å². The van der Waals surface area contributed by atoms with E-state index in [1.54, 1.807) is 6.07 Å². The molecule has 0 saturated carbocycles. The average molecular weight is 280 g/mol. The van der Waals surface area contributed by atoms with Gasteiger partial charge in [0.25, 0.3) is 0 Å². The zero-order valence-corrected chi connectivity index (χ0v) is 12.1. The zero-order valence-electron chi connectivity index (χ0n) is 11.3. The topological polar surface area (TPSA) is 48.4 Å². The molecule has 2 atom stereocenters. The van der Waals surface area contributed by atoms with Gasteiger partial charge in [-0.2, -0.15) is 0 Å². The van der Waals surface area contributed by atoms with E-state index in [2.05, 4.69) is 0 Å². The fourth-order valence-electron chi connectivity index (χ4n) is 1.91. The van der Waals surface area contributed by atoms with Gasteiger partial charge in [0.05, 0.1) is 0 Å². The van der Waals surface area contributed by atoms with Crippen LogP contribution in [0.4, 0.5) is 0 Å². The first-order chi connectivity index (χ1) is 8.97. The second-order valence-electron chi connectivity index (χ2n) is 4.76. The number of halogens is 1. The lowest BCUT2D eigenvalue weighted by molar-refractivity contribution is 0.151. The number of furan rings is 1. The van der Waals surface area contributed by atoms with Crippen LogP contribution >= 0.6 is 11.6 Å². The van der Waals surface area contributed by atoms with Crippen LogP contribution in [-0.4, -0.2) is 6.04 Å². The first kappa shape index (κ1) is 14.0. The van der Waals surface area contributed by atoms with E-state index in [1.807, 2.05) is 45.0 Å². The first-order valence-corrected chi connectivity index (χ1v) is 6.60. The maximum atomic E-state index is 5.99. The Balaban J connectivity index is 2.26. The highest BCUT2D eigenvalue weighted by Crippen LogP contribution is 2.29. The number of ether oxygens (including phenoxy) is 1. The van der Waals surface area contributed by atoms with Gasteiger partial charge < -0.3 is 14.9 Å². The summed E-state index contributed by atoms with van der Waals surface area (Å²) in [4.78, 5) is 0. The molecule has 0 saturated heterocycles. The molecule has 2 N–H and O–H groups in total. The lowest BCUT2D eigenvalue weighted by atomic mass is 10.1. The van der Waals surface area contributed by atoms with Crippen LogP contribution in [0.1, 0.15) is 30.1 Å². The minimum Gasteiger partial charge on any atom is -0.481 e. The van der Waals surface area contributed by atoms with E-state index in [9.17, 15) is 0 Å². The number of hydrogen-bond donors (Lipinski definition) is 1. The standard InChI is InChI=1S/C15H18ClNO2/c1-9-8-12(16)5-7-13(9)19-15(11(3)17)14-6-4-10(2)18-14/h4-8,11,15H,17H2,1-3H3. The monoisotopic (exact) mass is 279 g/mol. The SMILES string of the molecule is Cc1ccc(C(Oc2ccc(Cl)cc2C)C(C)N)o1. The van der Waals surface area contributed by atoms with Crippen LogP contribution in [-0.2, 0) is 0 Å². The minimum absolute atomic E-state index is 0.180. The third kappa shape index (κ3) is 3.31. The molecule has 0 fully saturated rings. The van der Waals surface area contributed by atoms with E-state index in [0.29, 0.717) is 5.02 Å². The van der Waals surface area contributed by atoms with Gasteiger partial charge in [-0.25, -0.2) is 0 Å². The Morgan fingerprint density at radius 2 is 1.95 bits per heavy atom. The van der Waals surface area contributed by atoms with E-state index in [0.717, 1.165) is 22.8 Å². The molecule has 4 heteroatoms. The highest BCUT2D eigenvalue weighted by Gasteiger charge is 2.22. The average Bonchev–Trinajstić information content (AvgIpc) is 2.74. The van der Waals surface area contributed by atoms with Crippen molar-refractivity contribution in [3.8, 4) is 5.75 Å². The fourth-order valence-corrected chi connectivity index (χ4v) is 2.14. The highest BCUT2D eigenvalue weighted by molar-refractivity contribution is 6.30. The van der Waals surface area contributed by atoms with Gasteiger partial charge in [0.1, 0.15) is 17.3 Å². The molecule has 0 aliphatic carbocycles. The van der Waals surface area contributed by atoms with Crippen molar-refractivity contribution in [1.82, 2.24) is 0 Å². The van der Waals surface area contributed by atoms with Gasteiger partial charge in [0.2, 0.25) is 0 Å². The summed E-state index contributed by atoms with van der Waals surface area (Å²) in [6.07, 6.45) is -0.312. The molecule has 102 valence electrons. The number of hydrogen-bond acceptors (Lipinski definition) is 3. The number of aryl methyl sites for hydroxylation is 2. The van der Waals surface area contributed by atoms with Crippen molar-refractivity contribution in [2.45, 2.75) is 32.9 Å². The summed E-state index contributed by atoms with van der Waals surface area (Å²) in [6, 6.07) is 9.14. The molecule has 0 aliphatic rings. The van der Waals surface area contributed by atoms with E-state index >= 15 is 0 Å². The molecule has 1 heterocycles. The Bertz CT molecular complexity index is 563. The smallest absolute Gasteiger partial charge is 0.171 e. The Morgan fingerprint density at radius 1 is 1.21 bits per heavy atom. The van der Waals surface area contributed by atoms with Crippen LogP contribution in [0.25, 0.3) is 0 Å². The Hall–Kier alpha value is -1.45. The molecule has 2 aromatic rings. The van der Waals surface area contributed by atoms with Gasteiger partial charge in [-0.3, -0.25) is 0 Å². The third-order valence-corrected chi connectivity index (χ3v) is 3.15. The molecule has 19 heavy (non-hydrogen) atoms. The van der Waals surface area contributed by atoms with Crippen molar-refractivity contribution in [3.63, 3.8) is 0 Å². The van der Waals surface area contributed by atoms with Gasteiger partial charge in [0, 0.05) is 11.1 Å². The summed E-state index contributed by atoms with van der Waals surface area (Å²) in [7, 11) is 0. The summed E-state index contributed by atoms with van der Waals surface area (Å²) < 4.78 is 11.6. The fraction of sp³-hybridized carbons (Fsp3) is 0.333. The molecule has 3 nitrogen and oxygen atoms in total. The number of benzene rings is 1. The number of nitrogens with two attached hydrogens (primary N) is 1. The van der Waals surface area contributed by atoms with Crippen LogP contribution in [0.2, 0.25) is 5.02 Å². The largest absolute Gasteiger partial charge is 0.481 e. The predicted octanol–water partition coefficient (Wildman–Crippen LogP) is 4.02. The van der Waals surface area contributed by atoms with Crippen molar-refractivity contribution >= 4 is 11.6 Å². The summed E-state index contributed by atoms with van der Waals surface area (Å²) >= 11 is 5.94. The summed E-state index contributed by atoms with van der Waals surface area (Å²) in [5.74, 6) is 2.35. The maximum absolute atomic E-state index is 5.99. The molecule has 0 bridgehead atoms. The van der Waals surface area contributed by atoms with Crippen molar-refractivity contribution < 1.29 is 9.15 Å². The quantitative estimate of drug-likeness (QED) is 0.920. The van der Waals surface area contributed by atoms with Gasteiger partial charge in [-0.15, -0.1) is 0 Å². The Labute approximate surface area is 118 Å². The highest BCUT2D eigenvalue weighted by atomic mass is 35.5. The van der Waals surface area contributed by atoms with E-state index in [-0.39, 0.29) is 12.1 Å². The molecule has 0 radical (unpaired) electrons. The maximum Gasteiger partial charge on any atom is 0.171 e. The van der Waals surface area contributed by atoms with E-state index in [1.165, 1.54) is 0 Å². The molecule has 2 unspecified atom stereocenters. The molecule has 0 amide bonds. The summed E-state index contributed by atoms with van der Waals surface area (Å²) in [5.41, 5.74) is 6.97. The van der Waals surface area contributed by atoms with Gasteiger partial charge in [-0.05, 0) is 56.7 Å². The van der Waals surface area contributed by atoms with Crippen LogP contribution in [0, 0.1) is 13.8 Å². The molecule has 0 aliphatic heterocycles. The normalized spacial score (nSPS) is 14.2. The third-order valence-electron chi connectivity index (χ3n) is 2.91. The van der Waals surface area contributed by atoms with Crippen molar-refractivity contribution in [3.05, 3.63) is 52.4 Å². The summed E-state index contributed by atoms with van der Waals surface area (Å²) in [5, 5.41) is 0.691. The molecular formula is C15H18ClNO2. The molecular weight excluding hydrogens is 262 g/mol. The predicted molar refractivity (Wildman–Crippen MR) is 76.7 cm³/mol. The zero-order chi connectivity index (χ0) is 14.0. The van der Waals surface area contributed by atoms with Crippen molar-refractivity contribution in [1.29, 1.82) is 0 Å². The van der Waals surface area contributed by atoms with Crippen LogP contribution < -0.4 is 10.5 Å². The first-order valence-electron chi connectivity index (χ1n) is 6.22. The second-order valence-corrected chi connectivity index (χ2v) is 5.19. The van der Waals surface area contributed by atoms with Crippen LogP contribution in [0.5, 0.6) is 5.75 Å². The van der Waals surface area contributed by atoms with Gasteiger partial charge >= 0.3 is 0 Å². The number of rotatable bonds is 4. The Kier molecular flexibility index (Phi) is 4.17. The van der Waals surface area contributed by atoms with Crippen LogP contribution in [0.15, 0.2) is 34.7 Å². The second kappa shape index (κ2) is 5.68. The molecule has 1 aromatic heterocycles. The van der Waals surface area contributed by atoms with Crippen LogP contribution in [0.3, 0.4) is 0 Å². The lowest BCUT2D eigenvalue weighted by Gasteiger charge is -2.21. The van der Waals surface area contributed by atoms with Crippen molar-refractivity contribution in [2.75, 3.05) is 0 Å². The summed E-state index contributed by atoms with van der Waals surface area (Å²) in [6.45, 7) is 5.75. The minimum atomic E-state index is -0.312.